The maximum Gasteiger partial charge on any atom is 0.223 e. The maximum atomic E-state index is 12.7. The molecule has 5 rings (SSSR count). The van der Waals surface area contributed by atoms with Crippen LogP contribution in [-0.2, 0) is 17.8 Å². The third kappa shape index (κ3) is 3.05. The van der Waals surface area contributed by atoms with Gasteiger partial charge in [-0.2, -0.15) is 0 Å². The van der Waals surface area contributed by atoms with Crippen molar-refractivity contribution in [1.82, 2.24) is 14.8 Å². The van der Waals surface area contributed by atoms with E-state index in [9.17, 15) is 4.79 Å². The first kappa shape index (κ1) is 17.0. The topological polar surface area (TPSA) is 39.7 Å². The SMILES string of the molecule is CN1CC2CCC(C1)N2c1nc2c(s1)CN(C(=O)CC1CCCC1)CC2. The molecule has 4 aliphatic rings. The fraction of sp³-hybridized carbons (Fsp3) is 0.800. The van der Waals surface area contributed by atoms with Gasteiger partial charge in [0.25, 0.3) is 0 Å². The minimum absolute atomic E-state index is 0.372. The highest BCUT2D eigenvalue weighted by Crippen LogP contribution is 2.39. The number of carbonyl (C=O) groups is 1. The number of aromatic nitrogens is 1. The minimum atomic E-state index is 0.372. The molecule has 0 N–H and O–H groups in total. The second-order valence-corrected chi connectivity index (χ2v) is 9.86. The van der Waals surface area contributed by atoms with Crippen molar-refractivity contribution in [3.8, 4) is 0 Å². The predicted octanol–water partition coefficient (Wildman–Crippen LogP) is 2.89. The smallest absolute Gasteiger partial charge is 0.223 e. The Morgan fingerprint density at radius 3 is 2.62 bits per heavy atom. The summed E-state index contributed by atoms with van der Waals surface area (Å²) >= 11 is 1.86. The highest BCUT2D eigenvalue weighted by atomic mass is 32.1. The number of thiazole rings is 1. The summed E-state index contributed by atoms with van der Waals surface area (Å²) in [7, 11) is 2.24. The van der Waals surface area contributed by atoms with Crippen LogP contribution in [0.25, 0.3) is 0 Å². The lowest BCUT2D eigenvalue weighted by Gasteiger charge is -2.39. The summed E-state index contributed by atoms with van der Waals surface area (Å²) in [5, 5.41) is 1.22. The lowest BCUT2D eigenvalue weighted by molar-refractivity contribution is -0.133. The van der Waals surface area contributed by atoms with E-state index in [1.807, 2.05) is 11.3 Å². The number of nitrogens with zero attached hydrogens (tertiary/aromatic N) is 4. The minimum Gasteiger partial charge on any atom is -0.340 e. The van der Waals surface area contributed by atoms with Crippen LogP contribution in [0.3, 0.4) is 0 Å². The number of likely N-dealkylation sites (N-methyl/N-ethyl adjacent to an activating group) is 1. The monoisotopic (exact) mass is 374 g/mol. The second kappa shape index (κ2) is 6.79. The predicted molar refractivity (Wildman–Crippen MR) is 105 cm³/mol. The Morgan fingerprint density at radius 2 is 1.88 bits per heavy atom. The van der Waals surface area contributed by atoms with E-state index in [1.165, 1.54) is 54.2 Å². The van der Waals surface area contributed by atoms with Crippen molar-refractivity contribution in [3.63, 3.8) is 0 Å². The summed E-state index contributed by atoms with van der Waals surface area (Å²) in [6.45, 7) is 3.97. The van der Waals surface area contributed by atoms with Crippen LogP contribution in [-0.4, -0.2) is 59.5 Å². The fourth-order valence-electron chi connectivity index (χ4n) is 5.52. The van der Waals surface area contributed by atoms with Gasteiger partial charge in [0.2, 0.25) is 5.91 Å². The van der Waals surface area contributed by atoms with Gasteiger partial charge in [-0.25, -0.2) is 4.98 Å². The molecule has 2 saturated heterocycles. The first-order valence-corrected chi connectivity index (χ1v) is 11.2. The quantitative estimate of drug-likeness (QED) is 0.816. The van der Waals surface area contributed by atoms with E-state index < -0.39 is 0 Å². The molecule has 0 radical (unpaired) electrons. The molecule has 2 bridgehead atoms. The van der Waals surface area contributed by atoms with E-state index in [2.05, 4.69) is 21.7 Å². The van der Waals surface area contributed by atoms with Gasteiger partial charge in [0, 0.05) is 49.4 Å². The van der Waals surface area contributed by atoms with Crippen LogP contribution < -0.4 is 4.90 Å². The Morgan fingerprint density at radius 1 is 1.15 bits per heavy atom. The van der Waals surface area contributed by atoms with Gasteiger partial charge in [0.15, 0.2) is 5.13 Å². The molecule has 5 nitrogen and oxygen atoms in total. The summed E-state index contributed by atoms with van der Waals surface area (Å²) in [6.07, 6.45) is 9.43. The van der Waals surface area contributed by atoms with Crippen LogP contribution in [0, 0.1) is 5.92 Å². The third-order valence-electron chi connectivity index (χ3n) is 6.90. The lowest BCUT2D eigenvalue weighted by Crippen LogP contribution is -2.52. The van der Waals surface area contributed by atoms with E-state index in [0.717, 1.165) is 39.0 Å². The van der Waals surface area contributed by atoms with Crippen molar-refractivity contribution in [2.24, 2.45) is 5.92 Å². The highest BCUT2D eigenvalue weighted by molar-refractivity contribution is 7.15. The third-order valence-corrected chi connectivity index (χ3v) is 7.99. The Hall–Kier alpha value is -1.14. The first-order valence-electron chi connectivity index (χ1n) is 10.4. The van der Waals surface area contributed by atoms with Crippen LogP contribution in [0.1, 0.15) is 55.5 Å². The zero-order valence-electron chi connectivity index (χ0n) is 15.8. The molecule has 1 aromatic rings. The average molecular weight is 375 g/mol. The molecular formula is C20H30N4OS. The molecule has 6 heteroatoms. The number of anilines is 1. The van der Waals surface area contributed by atoms with Crippen molar-refractivity contribution >= 4 is 22.4 Å². The molecule has 3 fully saturated rings. The summed E-state index contributed by atoms with van der Waals surface area (Å²) in [4.78, 5) is 26.3. The number of hydrogen-bond donors (Lipinski definition) is 0. The number of hydrogen-bond acceptors (Lipinski definition) is 5. The molecule has 1 saturated carbocycles. The lowest BCUT2D eigenvalue weighted by atomic mass is 10.0. The average Bonchev–Trinajstić information content (AvgIpc) is 3.32. The maximum absolute atomic E-state index is 12.7. The highest BCUT2D eigenvalue weighted by Gasteiger charge is 2.41. The first-order chi connectivity index (χ1) is 12.7. The van der Waals surface area contributed by atoms with Crippen molar-refractivity contribution in [3.05, 3.63) is 10.6 Å². The second-order valence-electron chi connectivity index (χ2n) is 8.80. The van der Waals surface area contributed by atoms with Gasteiger partial charge in [-0.3, -0.25) is 4.79 Å². The Kier molecular flexibility index (Phi) is 4.44. The number of rotatable bonds is 3. The molecule has 142 valence electrons. The number of amides is 1. The molecule has 2 unspecified atom stereocenters. The zero-order chi connectivity index (χ0) is 17.7. The van der Waals surface area contributed by atoms with Crippen LogP contribution in [0.15, 0.2) is 0 Å². The normalized spacial score (nSPS) is 29.4. The summed E-state index contributed by atoms with van der Waals surface area (Å²) in [6, 6.07) is 1.26. The fourth-order valence-corrected chi connectivity index (χ4v) is 6.79. The molecule has 0 spiro atoms. The molecule has 1 aromatic heterocycles. The molecule has 1 aliphatic carbocycles. The van der Waals surface area contributed by atoms with Gasteiger partial charge >= 0.3 is 0 Å². The molecule has 0 aromatic carbocycles. The van der Waals surface area contributed by atoms with Crippen molar-refractivity contribution in [2.75, 3.05) is 31.6 Å². The van der Waals surface area contributed by atoms with Crippen LogP contribution in [0.4, 0.5) is 5.13 Å². The van der Waals surface area contributed by atoms with E-state index >= 15 is 0 Å². The van der Waals surface area contributed by atoms with Gasteiger partial charge in [-0.15, -0.1) is 0 Å². The Labute approximate surface area is 160 Å². The van der Waals surface area contributed by atoms with Gasteiger partial charge in [-0.1, -0.05) is 24.2 Å². The van der Waals surface area contributed by atoms with Crippen LogP contribution in [0.5, 0.6) is 0 Å². The summed E-state index contributed by atoms with van der Waals surface area (Å²) in [5.74, 6) is 1.01. The van der Waals surface area contributed by atoms with E-state index in [4.69, 9.17) is 4.98 Å². The van der Waals surface area contributed by atoms with Crippen molar-refractivity contribution in [2.45, 2.75) is 70.0 Å². The largest absolute Gasteiger partial charge is 0.340 e. The zero-order valence-corrected chi connectivity index (χ0v) is 16.6. The molecule has 2 atom stereocenters. The van der Waals surface area contributed by atoms with Gasteiger partial charge in [0.1, 0.15) is 0 Å². The standard InChI is InChI=1S/C20H30N4OS/c1-22-11-15-6-7-16(12-22)24(15)20-21-17-8-9-23(13-18(17)26-20)19(25)10-14-4-2-3-5-14/h14-16H,2-13H2,1H3. The van der Waals surface area contributed by atoms with E-state index in [1.54, 1.807) is 0 Å². The Balaban J connectivity index is 1.28. The number of fused-ring (bicyclic) bond motifs is 3. The molecule has 1 amide bonds. The van der Waals surface area contributed by atoms with E-state index in [-0.39, 0.29) is 0 Å². The van der Waals surface area contributed by atoms with E-state index in [0.29, 0.717) is 23.9 Å². The molecular weight excluding hydrogens is 344 g/mol. The number of carbonyl (C=O) groups excluding carboxylic acids is 1. The molecule has 3 aliphatic heterocycles. The summed E-state index contributed by atoms with van der Waals surface area (Å²) in [5.41, 5.74) is 1.26. The number of likely N-dealkylation sites (tertiary alicyclic amines) is 1. The van der Waals surface area contributed by atoms with Crippen LogP contribution >= 0.6 is 11.3 Å². The Bertz CT molecular complexity index is 669. The van der Waals surface area contributed by atoms with Gasteiger partial charge in [0.05, 0.1) is 12.2 Å². The van der Waals surface area contributed by atoms with Gasteiger partial charge in [-0.05, 0) is 38.6 Å². The summed E-state index contributed by atoms with van der Waals surface area (Å²) < 4.78 is 0. The number of piperazine rings is 1. The van der Waals surface area contributed by atoms with Crippen molar-refractivity contribution in [1.29, 1.82) is 0 Å². The van der Waals surface area contributed by atoms with Crippen LogP contribution in [0.2, 0.25) is 0 Å². The molecule has 4 heterocycles. The molecule has 26 heavy (non-hydrogen) atoms. The van der Waals surface area contributed by atoms with Crippen molar-refractivity contribution < 1.29 is 4.79 Å². The van der Waals surface area contributed by atoms with Gasteiger partial charge < -0.3 is 14.7 Å².